The highest BCUT2D eigenvalue weighted by atomic mass is 14.9. The van der Waals surface area contributed by atoms with E-state index in [1.54, 1.807) is 0 Å². The molecule has 0 amide bonds. The fourth-order valence-electron chi connectivity index (χ4n) is 1.58. The van der Waals surface area contributed by atoms with Crippen LogP contribution in [0.3, 0.4) is 0 Å². The number of rotatable bonds is 2. The smallest absolute Gasteiger partial charge is 0.0457 e. The zero-order valence-corrected chi connectivity index (χ0v) is 8.89. The van der Waals surface area contributed by atoms with Crippen LogP contribution >= 0.6 is 0 Å². The average Bonchev–Trinajstić information content (AvgIpc) is 2.64. The average molecular weight is 188 g/mol. The van der Waals surface area contributed by atoms with Gasteiger partial charge in [0.2, 0.25) is 0 Å². The van der Waals surface area contributed by atoms with Gasteiger partial charge in [-0.1, -0.05) is 12.1 Å². The van der Waals surface area contributed by atoms with Gasteiger partial charge in [0.15, 0.2) is 0 Å². The van der Waals surface area contributed by atoms with Gasteiger partial charge in [0, 0.05) is 17.3 Å². The van der Waals surface area contributed by atoms with Crippen LogP contribution in [0.5, 0.6) is 0 Å². The predicted octanol–water partition coefficient (Wildman–Crippen LogP) is 2.62. The SMILES string of the molecule is CNC(C)(C)c1ccc2cc[nH]c2c1. The van der Waals surface area contributed by atoms with Crippen molar-refractivity contribution >= 4 is 10.9 Å². The molecule has 0 unspecified atom stereocenters. The van der Waals surface area contributed by atoms with E-state index < -0.39 is 0 Å². The van der Waals surface area contributed by atoms with E-state index >= 15 is 0 Å². The summed E-state index contributed by atoms with van der Waals surface area (Å²) >= 11 is 0. The minimum Gasteiger partial charge on any atom is -0.361 e. The fourth-order valence-corrected chi connectivity index (χ4v) is 1.58. The van der Waals surface area contributed by atoms with Gasteiger partial charge in [0.05, 0.1) is 0 Å². The van der Waals surface area contributed by atoms with Crippen LogP contribution in [0.15, 0.2) is 30.5 Å². The fraction of sp³-hybridized carbons (Fsp3) is 0.333. The second kappa shape index (κ2) is 3.14. The van der Waals surface area contributed by atoms with E-state index in [9.17, 15) is 0 Å². The van der Waals surface area contributed by atoms with E-state index in [2.05, 4.69) is 48.4 Å². The lowest BCUT2D eigenvalue weighted by Crippen LogP contribution is -2.32. The summed E-state index contributed by atoms with van der Waals surface area (Å²) in [5.74, 6) is 0. The lowest BCUT2D eigenvalue weighted by atomic mass is 9.94. The maximum Gasteiger partial charge on any atom is 0.0457 e. The van der Waals surface area contributed by atoms with E-state index in [0.29, 0.717) is 0 Å². The van der Waals surface area contributed by atoms with Crippen LogP contribution < -0.4 is 5.32 Å². The number of aromatic amines is 1. The number of H-pyrrole nitrogens is 1. The van der Waals surface area contributed by atoms with Crippen molar-refractivity contribution in [2.24, 2.45) is 0 Å². The van der Waals surface area contributed by atoms with Crippen LogP contribution in [-0.2, 0) is 5.54 Å². The molecular weight excluding hydrogens is 172 g/mol. The summed E-state index contributed by atoms with van der Waals surface area (Å²) in [5.41, 5.74) is 2.53. The Morgan fingerprint density at radius 3 is 2.71 bits per heavy atom. The zero-order chi connectivity index (χ0) is 10.2. The Labute approximate surface area is 84.3 Å². The standard InChI is InChI=1S/C12H16N2/c1-12(2,13-3)10-5-4-9-6-7-14-11(9)8-10/h4-8,13-14H,1-3H3. The third kappa shape index (κ3) is 1.42. The number of hydrogen-bond donors (Lipinski definition) is 2. The monoisotopic (exact) mass is 188 g/mol. The summed E-state index contributed by atoms with van der Waals surface area (Å²) < 4.78 is 0. The third-order valence-electron chi connectivity index (χ3n) is 2.90. The first kappa shape index (κ1) is 9.28. The highest BCUT2D eigenvalue weighted by molar-refractivity contribution is 5.80. The molecule has 0 radical (unpaired) electrons. The summed E-state index contributed by atoms with van der Waals surface area (Å²) in [4.78, 5) is 3.23. The van der Waals surface area contributed by atoms with E-state index in [0.717, 1.165) is 0 Å². The molecule has 0 saturated carbocycles. The lowest BCUT2D eigenvalue weighted by molar-refractivity contribution is 0.445. The molecular formula is C12H16N2. The molecule has 0 aliphatic heterocycles. The molecule has 1 aromatic heterocycles. The molecule has 2 nitrogen and oxygen atoms in total. The lowest BCUT2D eigenvalue weighted by Gasteiger charge is -2.24. The Hall–Kier alpha value is -1.28. The van der Waals surface area contributed by atoms with Gasteiger partial charge in [-0.05, 0) is 44.0 Å². The summed E-state index contributed by atoms with van der Waals surface area (Å²) in [6.07, 6.45) is 1.97. The molecule has 0 saturated heterocycles. The first-order chi connectivity index (χ1) is 6.63. The van der Waals surface area contributed by atoms with Crippen LogP contribution in [0.1, 0.15) is 19.4 Å². The van der Waals surface area contributed by atoms with Crippen molar-refractivity contribution in [1.29, 1.82) is 0 Å². The van der Waals surface area contributed by atoms with Crippen molar-refractivity contribution in [3.8, 4) is 0 Å². The van der Waals surface area contributed by atoms with Gasteiger partial charge in [0.25, 0.3) is 0 Å². The number of aromatic nitrogens is 1. The maximum atomic E-state index is 3.30. The first-order valence-corrected chi connectivity index (χ1v) is 4.90. The largest absolute Gasteiger partial charge is 0.361 e. The minimum atomic E-state index is 0.0271. The van der Waals surface area contributed by atoms with Gasteiger partial charge in [-0.2, -0.15) is 0 Å². The maximum absolute atomic E-state index is 3.30. The molecule has 1 heterocycles. The number of benzene rings is 1. The summed E-state index contributed by atoms with van der Waals surface area (Å²) in [5, 5.41) is 4.57. The minimum absolute atomic E-state index is 0.0271. The molecule has 14 heavy (non-hydrogen) atoms. The van der Waals surface area contributed by atoms with E-state index in [1.165, 1.54) is 16.5 Å². The van der Waals surface area contributed by atoms with Gasteiger partial charge in [-0.3, -0.25) is 0 Å². The molecule has 2 N–H and O–H groups in total. The van der Waals surface area contributed by atoms with E-state index in [1.807, 2.05) is 13.2 Å². The van der Waals surface area contributed by atoms with Crippen molar-refractivity contribution in [3.63, 3.8) is 0 Å². The van der Waals surface area contributed by atoms with Crippen molar-refractivity contribution in [2.45, 2.75) is 19.4 Å². The normalized spacial score (nSPS) is 12.2. The summed E-state index contributed by atoms with van der Waals surface area (Å²) in [6, 6.07) is 8.62. The van der Waals surface area contributed by atoms with Crippen molar-refractivity contribution in [3.05, 3.63) is 36.0 Å². The molecule has 1 aromatic carbocycles. The van der Waals surface area contributed by atoms with Crippen molar-refractivity contribution in [1.82, 2.24) is 10.3 Å². The quantitative estimate of drug-likeness (QED) is 0.745. The Bertz CT molecular complexity index is 440. The molecule has 2 heteroatoms. The van der Waals surface area contributed by atoms with Gasteiger partial charge in [0.1, 0.15) is 0 Å². The van der Waals surface area contributed by atoms with Crippen LogP contribution in [0.25, 0.3) is 10.9 Å². The van der Waals surface area contributed by atoms with Crippen LogP contribution in [0.4, 0.5) is 0 Å². The molecule has 0 fully saturated rings. The molecule has 2 aromatic rings. The van der Waals surface area contributed by atoms with Crippen LogP contribution in [0.2, 0.25) is 0 Å². The molecule has 0 spiro atoms. The Morgan fingerprint density at radius 1 is 1.21 bits per heavy atom. The third-order valence-corrected chi connectivity index (χ3v) is 2.90. The number of nitrogens with one attached hydrogen (secondary N) is 2. The Morgan fingerprint density at radius 2 is 2.00 bits per heavy atom. The summed E-state index contributed by atoms with van der Waals surface area (Å²) in [6.45, 7) is 4.36. The van der Waals surface area contributed by atoms with E-state index in [-0.39, 0.29) is 5.54 Å². The van der Waals surface area contributed by atoms with Crippen molar-refractivity contribution in [2.75, 3.05) is 7.05 Å². The molecule has 0 bridgehead atoms. The predicted molar refractivity (Wildman–Crippen MR) is 60.4 cm³/mol. The second-order valence-corrected chi connectivity index (χ2v) is 4.15. The number of fused-ring (bicyclic) bond motifs is 1. The first-order valence-electron chi connectivity index (χ1n) is 4.90. The molecule has 2 rings (SSSR count). The van der Waals surface area contributed by atoms with E-state index in [4.69, 9.17) is 0 Å². The van der Waals surface area contributed by atoms with Gasteiger partial charge in [-0.25, -0.2) is 0 Å². The van der Waals surface area contributed by atoms with Crippen molar-refractivity contribution < 1.29 is 0 Å². The molecule has 0 atom stereocenters. The highest BCUT2D eigenvalue weighted by Gasteiger charge is 2.17. The summed E-state index contributed by atoms with van der Waals surface area (Å²) in [7, 11) is 1.99. The van der Waals surface area contributed by atoms with Gasteiger partial charge >= 0.3 is 0 Å². The zero-order valence-electron chi connectivity index (χ0n) is 8.89. The number of hydrogen-bond acceptors (Lipinski definition) is 1. The topological polar surface area (TPSA) is 27.8 Å². The van der Waals surface area contributed by atoms with Crippen LogP contribution in [-0.4, -0.2) is 12.0 Å². The Kier molecular flexibility index (Phi) is 2.08. The molecule has 0 aliphatic rings. The Balaban J connectivity index is 2.53. The van der Waals surface area contributed by atoms with Gasteiger partial charge < -0.3 is 10.3 Å². The highest BCUT2D eigenvalue weighted by Crippen LogP contribution is 2.23. The molecule has 74 valence electrons. The second-order valence-electron chi connectivity index (χ2n) is 4.15. The van der Waals surface area contributed by atoms with Gasteiger partial charge in [-0.15, -0.1) is 0 Å². The van der Waals surface area contributed by atoms with Crippen LogP contribution in [0, 0.1) is 0 Å². The molecule has 0 aliphatic carbocycles.